The quantitative estimate of drug-likeness (QED) is 0.778. The minimum Gasteiger partial charge on any atom is -0.315 e. The molecule has 0 aromatic carbocycles. The lowest BCUT2D eigenvalue weighted by molar-refractivity contribution is 0.457. The summed E-state index contributed by atoms with van der Waals surface area (Å²) < 4.78 is 28.4. The summed E-state index contributed by atoms with van der Waals surface area (Å²) in [6.45, 7) is 9.93. The van der Waals surface area contributed by atoms with Gasteiger partial charge in [-0.2, -0.15) is 0 Å². The molecule has 4 nitrogen and oxygen atoms in total. The molecule has 1 heterocycles. The summed E-state index contributed by atoms with van der Waals surface area (Å²) in [5.74, 6) is 0.369. The van der Waals surface area contributed by atoms with Crippen LogP contribution in [0.15, 0.2) is 14.7 Å². The first-order chi connectivity index (χ1) is 9.54. The van der Waals surface area contributed by atoms with E-state index in [4.69, 9.17) is 0 Å². The van der Waals surface area contributed by atoms with Gasteiger partial charge in [0.2, 0.25) is 10.0 Å². The molecule has 21 heavy (non-hydrogen) atoms. The Morgan fingerprint density at radius 1 is 1.29 bits per heavy atom. The summed E-state index contributed by atoms with van der Waals surface area (Å²) in [5.41, 5.74) is 0.359. The lowest BCUT2D eigenvalue weighted by Gasteiger charge is -2.07. The van der Waals surface area contributed by atoms with Crippen molar-refractivity contribution in [3.63, 3.8) is 0 Å². The van der Waals surface area contributed by atoms with Crippen LogP contribution < -0.4 is 10.0 Å². The Labute approximate surface area is 139 Å². The Morgan fingerprint density at radius 3 is 2.33 bits per heavy atom. The third-order valence-electron chi connectivity index (χ3n) is 5.14. The van der Waals surface area contributed by atoms with E-state index in [1.54, 1.807) is 6.07 Å². The van der Waals surface area contributed by atoms with Crippen LogP contribution in [-0.2, 0) is 16.6 Å². The van der Waals surface area contributed by atoms with E-state index < -0.39 is 10.0 Å². The fraction of sp³-hybridized carbons (Fsp3) is 0.714. The van der Waals surface area contributed by atoms with Crippen molar-refractivity contribution < 1.29 is 8.42 Å². The molecule has 1 fully saturated rings. The van der Waals surface area contributed by atoms with Crippen LogP contribution >= 0.6 is 27.3 Å². The molecule has 1 aromatic rings. The summed E-state index contributed by atoms with van der Waals surface area (Å²) in [6.07, 6.45) is 0. The first kappa shape index (κ1) is 17.4. The Bertz CT molecular complexity index is 621. The Kier molecular flexibility index (Phi) is 4.64. The first-order valence-corrected chi connectivity index (χ1v) is 10.1. The van der Waals surface area contributed by atoms with Crippen LogP contribution in [0.3, 0.4) is 0 Å². The van der Waals surface area contributed by atoms with Gasteiger partial charge in [-0.3, -0.25) is 0 Å². The molecule has 2 rings (SSSR count). The summed E-state index contributed by atoms with van der Waals surface area (Å²) in [7, 11) is -1.61. The molecule has 1 saturated carbocycles. The third kappa shape index (κ3) is 3.08. The number of nitrogens with one attached hydrogen (secondary N) is 2. The van der Waals surface area contributed by atoms with E-state index >= 15 is 0 Å². The van der Waals surface area contributed by atoms with Crippen molar-refractivity contribution in [2.24, 2.45) is 16.7 Å². The molecule has 0 atom stereocenters. The zero-order chi connectivity index (χ0) is 16.1. The normalized spacial score (nSPS) is 20.7. The molecule has 0 unspecified atom stereocenters. The molecule has 7 heteroatoms. The summed E-state index contributed by atoms with van der Waals surface area (Å²) >= 11 is 4.81. The smallest absolute Gasteiger partial charge is 0.242 e. The fourth-order valence-electron chi connectivity index (χ4n) is 2.96. The summed E-state index contributed by atoms with van der Waals surface area (Å²) in [4.78, 5) is 1.34. The number of halogens is 1. The Hall–Kier alpha value is 0.0500. The lowest BCUT2D eigenvalue weighted by atomic mass is 10.0. The van der Waals surface area contributed by atoms with Gasteiger partial charge in [0.15, 0.2) is 0 Å². The summed E-state index contributed by atoms with van der Waals surface area (Å²) in [5, 5.41) is 3.03. The largest absolute Gasteiger partial charge is 0.315 e. The van der Waals surface area contributed by atoms with E-state index in [1.165, 1.54) is 11.3 Å². The predicted octanol–water partition coefficient (Wildman–Crippen LogP) is 3.19. The minimum absolute atomic E-state index is 0.179. The van der Waals surface area contributed by atoms with Crippen LogP contribution in [0, 0.1) is 16.7 Å². The average Bonchev–Trinajstić information content (AvgIpc) is 2.62. The van der Waals surface area contributed by atoms with Gasteiger partial charge >= 0.3 is 0 Å². The molecular formula is C14H23BrN2O2S2. The highest BCUT2D eigenvalue weighted by Crippen LogP contribution is 2.68. The van der Waals surface area contributed by atoms with Gasteiger partial charge in [0.1, 0.15) is 4.90 Å². The van der Waals surface area contributed by atoms with Gasteiger partial charge in [-0.1, -0.05) is 27.7 Å². The second-order valence-corrected chi connectivity index (χ2v) is 10.9. The zero-order valence-electron chi connectivity index (χ0n) is 13.1. The van der Waals surface area contributed by atoms with E-state index in [0.717, 1.165) is 4.88 Å². The molecule has 0 saturated heterocycles. The number of rotatable bonds is 6. The van der Waals surface area contributed by atoms with Gasteiger partial charge in [-0.15, -0.1) is 11.3 Å². The second-order valence-electron chi connectivity index (χ2n) is 6.73. The van der Waals surface area contributed by atoms with Crippen molar-refractivity contribution in [1.82, 2.24) is 10.0 Å². The van der Waals surface area contributed by atoms with E-state index in [-0.39, 0.29) is 10.8 Å². The molecule has 1 aliphatic carbocycles. The highest BCUT2D eigenvalue weighted by atomic mass is 79.9. The van der Waals surface area contributed by atoms with Gasteiger partial charge in [0.25, 0.3) is 0 Å². The first-order valence-electron chi connectivity index (χ1n) is 6.96. The third-order valence-corrected chi connectivity index (χ3v) is 8.82. The fourth-order valence-corrected chi connectivity index (χ4v) is 6.70. The van der Waals surface area contributed by atoms with E-state index in [1.807, 2.05) is 7.05 Å². The molecule has 0 aliphatic heterocycles. The van der Waals surface area contributed by atoms with E-state index in [0.29, 0.717) is 27.7 Å². The Balaban J connectivity index is 2.10. The van der Waals surface area contributed by atoms with Crippen molar-refractivity contribution in [2.75, 3.05) is 13.6 Å². The SMILES string of the molecule is CNCc1cc(S(=O)(=O)NCC2C(C)(C)C2(C)C)c(Br)s1. The van der Waals surface area contributed by atoms with Gasteiger partial charge in [-0.25, -0.2) is 13.1 Å². The maximum atomic E-state index is 12.5. The molecule has 2 N–H and O–H groups in total. The number of hydrogen-bond donors (Lipinski definition) is 2. The lowest BCUT2D eigenvalue weighted by Crippen LogP contribution is -2.27. The van der Waals surface area contributed by atoms with Crippen LogP contribution in [0.5, 0.6) is 0 Å². The van der Waals surface area contributed by atoms with Gasteiger partial charge in [-0.05, 0) is 45.8 Å². The molecule has 1 aromatic heterocycles. The molecule has 0 amide bonds. The molecule has 1 aliphatic rings. The van der Waals surface area contributed by atoms with Gasteiger partial charge < -0.3 is 5.32 Å². The topological polar surface area (TPSA) is 58.2 Å². The van der Waals surface area contributed by atoms with Crippen LogP contribution in [0.25, 0.3) is 0 Å². The van der Waals surface area contributed by atoms with Crippen molar-refractivity contribution in [3.05, 3.63) is 14.7 Å². The molecule has 0 bridgehead atoms. The van der Waals surface area contributed by atoms with Crippen molar-refractivity contribution in [3.8, 4) is 0 Å². The predicted molar refractivity (Wildman–Crippen MR) is 91.0 cm³/mol. The van der Waals surface area contributed by atoms with Crippen LogP contribution in [0.2, 0.25) is 0 Å². The van der Waals surface area contributed by atoms with Crippen molar-refractivity contribution in [1.29, 1.82) is 0 Å². The number of sulfonamides is 1. The molecule has 0 radical (unpaired) electrons. The van der Waals surface area contributed by atoms with Crippen molar-refractivity contribution >= 4 is 37.3 Å². The monoisotopic (exact) mass is 394 g/mol. The molecular weight excluding hydrogens is 372 g/mol. The standard InChI is InChI=1S/C14H23BrN2O2S2/c1-13(2)11(14(13,3)4)8-17-21(18,19)10-6-9(7-16-5)20-12(10)15/h6,11,16-17H,7-8H2,1-5H3. The Morgan fingerprint density at radius 2 is 1.86 bits per heavy atom. The molecule has 0 spiro atoms. The van der Waals surface area contributed by atoms with Crippen molar-refractivity contribution in [2.45, 2.75) is 39.1 Å². The number of thiophene rings is 1. The van der Waals surface area contributed by atoms with Crippen LogP contribution in [0.1, 0.15) is 32.6 Å². The highest BCUT2D eigenvalue weighted by molar-refractivity contribution is 9.11. The van der Waals surface area contributed by atoms with Gasteiger partial charge in [0.05, 0.1) is 3.79 Å². The van der Waals surface area contributed by atoms with Gasteiger partial charge in [0, 0.05) is 18.0 Å². The number of hydrogen-bond acceptors (Lipinski definition) is 4. The average molecular weight is 395 g/mol. The summed E-state index contributed by atoms with van der Waals surface area (Å²) in [6, 6.07) is 1.73. The van der Waals surface area contributed by atoms with Crippen LogP contribution in [0.4, 0.5) is 0 Å². The molecule has 120 valence electrons. The van der Waals surface area contributed by atoms with E-state index in [9.17, 15) is 8.42 Å². The zero-order valence-corrected chi connectivity index (χ0v) is 16.3. The van der Waals surface area contributed by atoms with E-state index in [2.05, 4.69) is 53.7 Å². The second kappa shape index (κ2) is 5.60. The minimum atomic E-state index is -3.46. The highest BCUT2D eigenvalue weighted by Gasteiger charge is 2.64. The van der Waals surface area contributed by atoms with Crippen LogP contribution in [-0.4, -0.2) is 22.0 Å². The maximum absolute atomic E-state index is 12.5. The maximum Gasteiger partial charge on any atom is 0.242 e.